The van der Waals surface area contributed by atoms with Crippen LogP contribution in [0, 0.1) is 10.8 Å². The molecule has 0 bridgehead atoms. The van der Waals surface area contributed by atoms with E-state index in [4.69, 9.17) is 0 Å². The molecule has 0 amide bonds. The van der Waals surface area contributed by atoms with Gasteiger partial charge < -0.3 is 0 Å². The van der Waals surface area contributed by atoms with Gasteiger partial charge in [-0.1, -0.05) is 41.5 Å². The fraction of sp³-hybridized carbons (Fsp3) is 0.917. The molecule has 0 N–H and O–H groups in total. The molecule has 0 heterocycles. The van der Waals surface area contributed by atoms with Gasteiger partial charge in [0.15, 0.2) is 5.78 Å². The average molecular weight is 199 g/mol. The molecule has 2 nitrogen and oxygen atoms in total. The largest absolute Gasteiger partial charge is 0.299 e. The third-order valence-electron chi connectivity index (χ3n) is 1.99. The van der Waals surface area contributed by atoms with Gasteiger partial charge in [0.25, 0.3) is 0 Å². The molecule has 0 aromatic carbocycles. The van der Waals surface area contributed by atoms with E-state index in [2.05, 4.69) is 25.7 Å². The molecule has 0 rings (SSSR count). The Hall–Kier alpha value is -0.370. The molecule has 0 unspecified atom stereocenters. The van der Waals surface area contributed by atoms with Crippen LogP contribution in [0.3, 0.4) is 0 Å². The molecule has 0 aliphatic rings. The molecule has 0 radical (unpaired) electrons. The number of nitrogens with zero attached hydrogens (tertiary/aromatic N) is 1. The van der Waals surface area contributed by atoms with E-state index in [1.807, 2.05) is 27.8 Å². The van der Waals surface area contributed by atoms with Crippen LogP contribution in [0.5, 0.6) is 0 Å². The second kappa shape index (κ2) is 4.43. The third-order valence-corrected chi connectivity index (χ3v) is 1.99. The normalized spacial score (nSPS) is 13.4. The Labute approximate surface area is 88.7 Å². The third kappa shape index (κ3) is 6.14. The van der Waals surface area contributed by atoms with E-state index in [1.165, 1.54) is 0 Å². The summed E-state index contributed by atoms with van der Waals surface area (Å²) in [5.41, 5.74) is 0.0407. The number of hydrogen-bond acceptors (Lipinski definition) is 2. The van der Waals surface area contributed by atoms with Crippen molar-refractivity contribution in [3.63, 3.8) is 0 Å². The molecule has 0 spiro atoms. The van der Waals surface area contributed by atoms with Crippen molar-refractivity contribution in [2.75, 3.05) is 20.1 Å². The molecule has 0 aliphatic heterocycles. The second-order valence-electron chi connectivity index (χ2n) is 6.41. The molecular formula is C12H25NO. The smallest absolute Gasteiger partial charge is 0.152 e. The van der Waals surface area contributed by atoms with E-state index >= 15 is 0 Å². The van der Waals surface area contributed by atoms with Crippen molar-refractivity contribution in [3.8, 4) is 0 Å². The fourth-order valence-corrected chi connectivity index (χ4v) is 1.35. The van der Waals surface area contributed by atoms with Crippen LogP contribution in [0.25, 0.3) is 0 Å². The number of Topliss-reactive ketones (excluding diaryl/α,β-unsaturated/α-hetero) is 1. The van der Waals surface area contributed by atoms with Crippen LogP contribution < -0.4 is 0 Å². The maximum atomic E-state index is 11.7. The molecular weight excluding hydrogens is 174 g/mol. The Morgan fingerprint density at radius 3 is 1.79 bits per heavy atom. The Bertz CT molecular complexity index is 195. The molecule has 0 saturated heterocycles. The Kier molecular flexibility index (Phi) is 4.32. The summed E-state index contributed by atoms with van der Waals surface area (Å²) in [4.78, 5) is 13.8. The van der Waals surface area contributed by atoms with Crippen LogP contribution in [0.2, 0.25) is 0 Å². The lowest BCUT2D eigenvalue weighted by Gasteiger charge is -2.28. The molecule has 84 valence electrons. The summed E-state index contributed by atoms with van der Waals surface area (Å²) in [7, 11) is 2.01. The summed E-state index contributed by atoms with van der Waals surface area (Å²) in [5.74, 6) is 0.309. The summed E-state index contributed by atoms with van der Waals surface area (Å²) in [6, 6.07) is 0. The van der Waals surface area contributed by atoms with E-state index in [1.54, 1.807) is 0 Å². The first kappa shape index (κ1) is 13.6. The lowest BCUT2D eigenvalue weighted by molar-refractivity contribution is -0.127. The summed E-state index contributed by atoms with van der Waals surface area (Å²) in [6.07, 6.45) is 0. The zero-order valence-electron chi connectivity index (χ0n) is 10.8. The van der Waals surface area contributed by atoms with Crippen LogP contribution in [0.1, 0.15) is 41.5 Å². The first-order valence-electron chi connectivity index (χ1n) is 5.24. The van der Waals surface area contributed by atoms with Crippen molar-refractivity contribution >= 4 is 5.78 Å². The van der Waals surface area contributed by atoms with Crippen LogP contribution in [0.15, 0.2) is 0 Å². The highest BCUT2D eigenvalue weighted by Gasteiger charge is 2.23. The minimum absolute atomic E-state index is 0.216. The molecule has 0 aromatic heterocycles. The molecule has 2 heteroatoms. The van der Waals surface area contributed by atoms with E-state index in [0.29, 0.717) is 12.3 Å². The quantitative estimate of drug-likeness (QED) is 0.696. The van der Waals surface area contributed by atoms with Gasteiger partial charge in [0.2, 0.25) is 0 Å². The van der Waals surface area contributed by atoms with Gasteiger partial charge in [0.05, 0.1) is 6.54 Å². The SMILES string of the molecule is CN(CC(=O)C(C)(C)C)CC(C)(C)C. The van der Waals surface area contributed by atoms with Crippen molar-refractivity contribution in [2.24, 2.45) is 10.8 Å². The molecule has 0 fully saturated rings. The van der Waals surface area contributed by atoms with Crippen molar-refractivity contribution in [1.82, 2.24) is 4.90 Å². The minimum Gasteiger partial charge on any atom is -0.299 e. The summed E-state index contributed by atoms with van der Waals surface area (Å²) in [6.45, 7) is 14.0. The van der Waals surface area contributed by atoms with Gasteiger partial charge in [-0.25, -0.2) is 0 Å². The number of carbonyl (C=O) groups excluding carboxylic acids is 1. The van der Waals surface area contributed by atoms with Crippen LogP contribution in [-0.4, -0.2) is 30.8 Å². The number of ketones is 1. The van der Waals surface area contributed by atoms with Gasteiger partial charge in [-0.3, -0.25) is 9.69 Å². The van der Waals surface area contributed by atoms with Gasteiger partial charge in [-0.15, -0.1) is 0 Å². The Morgan fingerprint density at radius 1 is 1.07 bits per heavy atom. The van der Waals surface area contributed by atoms with Crippen molar-refractivity contribution in [3.05, 3.63) is 0 Å². The Balaban J connectivity index is 4.09. The predicted molar refractivity (Wildman–Crippen MR) is 61.4 cm³/mol. The van der Waals surface area contributed by atoms with Crippen LogP contribution in [0.4, 0.5) is 0 Å². The number of likely N-dealkylation sites (N-methyl/N-ethyl adjacent to an activating group) is 1. The molecule has 0 aromatic rings. The first-order chi connectivity index (χ1) is 6.02. The highest BCUT2D eigenvalue weighted by atomic mass is 16.1. The number of hydrogen-bond donors (Lipinski definition) is 0. The summed E-state index contributed by atoms with van der Waals surface area (Å²) < 4.78 is 0. The number of rotatable bonds is 3. The number of carbonyl (C=O) groups is 1. The maximum absolute atomic E-state index is 11.7. The Morgan fingerprint density at radius 2 is 1.50 bits per heavy atom. The van der Waals surface area contributed by atoms with Gasteiger partial charge >= 0.3 is 0 Å². The van der Waals surface area contributed by atoms with E-state index in [-0.39, 0.29) is 10.8 Å². The van der Waals surface area contributed by atoms with Gasteiger partial charge in [0, 0.05) is 12.0 Å². The monoisotopic (exact) mass is 199 g/mol. The van der Waals surface area contributed by atoms with Crippen LogP contribution >= 0.6 is 0 Å². The van der Waals surface area contributed by atoms with E-state index in [0.717, 1.165) is 6.54 Å². The van der Waals surface area contributed by atoms with Gasteiger partial charge in [-0.2, -0.15) is 0 Å². The van der Waals surface area contributed by atoms with Crippen LogP contribution in [-0.2, 0) is 4.79 Å². The van der Waals surface area contributed by atoms with Crippen molar-refractivity contribution in [2.45, 2.75) is 41.5 Å². The molecule has 14 heavy (non-hydrogen) atoms. The highest BCUT2D eigenvalue weighted by molar-refractivity contribution is 5.85. The van der Waals surface area contributed by atoms with Gasteiger partial charge in [0.1, 0.15) is 0 Å². The van der Waals surface area contributed by atoms with E-state index < -0.39 is 0 Å². The zero-order valence-corrected chi connectivity index (χ0v) is 10.8. The molecule has 0 aliphatic carbocycles. The van der Waals surface area contributed by atoms with Gasteiger partial charge in [-0.05, 0) is 12.5 Å². The first-order valence-corrected chi connectivity index (χ1v) is 5.24. The minimum atomic E-state index is -0.216. The second-order valence-corrected chi connectivity index (χ2v) is 6.41. The predicted octanol–water partition coefficient (Wildman–Crippen LogP) is 2.58. The summed E-state index contributed by atoms with van der Waals surface area (Å²) in [5, 5.41) is 0. The standard InChI is InChI=1S/C12H25NO/c1-11(2,3)9-13(7)8-10(14)12(4,5)6/h8-9H2,1-7H3. The lowest BCUT2D eigenvalue weighted by Crippen LogP contribution is -2.37. The topological polar surface area (TPSA) is 20.3 Å². The molecule has 0 atom stereocenters. The fourth-order valence-electron chi connectivity index (χ4n) is 1.35. The average Bonchev–Trinajstić information content (AvgIpc) is 1.79. The highest BCUT2D eigenvalue weighted by Crippen LogP contribution is 2.17. The van der Waals surface area contributed by atoms with Crippen molar-refractivity contribution < 1.29 is 4.79 Å². The lowest BCUT2D eigenvalue weighted by atomic mass is 9.90. The van der Waals surface area contributed by atoms with Crippen molar-refractivity contribution in [1.29, 1.82) is 0 Å². The maximum Gasteiger partial charge on any atom is 0.152 e. The molecule has 0 saturated carbocycles. The summed E-state index contributed by atoms with van der Waals surface area (Å²) >= 11 is 0. The van der Waals surface area contributed by atoms with E-state index in [9.17, 15) is 4.79 Å². The zero-order chi connectivity index (χ0) is 11.6.